The number of hydrogen-bond acceptors (Lipinski definition) is 4. The van der Waals surface area contributed by atoms with Gasteiger partial charge in [0.2, 0.25) is 5.91 Å². The Hall–Kier alpha value is -2.10. The molecule has 0 saturated heterocycles. The van der Waals surface area contributed by atoms with Crippen LogP contribution < -0.4 is 5.32 Å². The fourth-order valence-corrected chi connectivity index (χ4v) is 10.9. The monoisotopic (exact) mass is 556 g/mol. The van der Waals surface area contributed by atoms with Crippen LogP contribution in [0.1, 0.15) is 99.3 Å². The molecule has 220 valence electrons. The van der Waals surface area contributed by atoms with Crippen LogP contribution in [-0.4, -0.2) is 30.4 Å². The van der Waals surface area contributed by atoms with Gasteiger partial charge in [-0.15, -0.1) is 0 Å². The predicted molar refractivity (Wildman–Crippen MR) is 148 cm³/mol. The SMILES string of the molecule is CC1(C)CCC2(CC(=O)NCC(F)F)CCC3C(C(=O)CC4C5(C)C=C(C#N)C(=O)C(C)(C)C5CCC34C)C2C1. The number of ketones is 2. The Kier molecular flexibility index (Phi) is 6.95. The predicted octanol–water partition coefficient (Wildman–Crippen LogP) is 6.67. The molecule has 0 bridgehead atoms. The van der Waals surface area contributed by atoms with Gasteiger partial charge in [-0.3, -0.25) is 14.4 Å². The number of rotatable bonds is 4. The molecule has 0 aromatic carbocycles. The number of allylic oxidation sites excluding steroid dienone is 2. The minimum atomic E-state index is -2.58. The van der Waals surface area contributed by atoms with Crippen LogP contribution in [0.15, 0.2) is 11.6 Å². The van der Waals surface area contributed by atoms with Crippen LogP contribution in [0, 0.1) is 68.0 Å². The molecule has 40 heavy (non-hydrogen) atoms. The molecular weight excluding hydrogens is 510 g/mol. The average molecular weight is 557 g/mol. The zero-order chi connectivity index (χ0) is 29.5. The average Bonchev–Trinajstić information content (AvgIpc) is 2.86. The van der Waals surface area contributed by atoms with Gasteiger partial charge in [-0.1, -0.05) is 47.6 Å². The van der Waals surface area contributed by atoms with E-state index in [0.717, 1.165) is 44.9 Å². The first-order chi connectivity index (χ1) is 18.5. The topological polar surface area (TPSA) is 87.0 Å². The lowest BCUT2D eigenvalue weighted by Crippen LogP contribution is -2.65. The molecule has 4 saturated carbocycles. The summed E-state index contributed by atoms with van der Waals surface area (Å²) in [6.45, 7) is 12.3. The summed E-state index contributed by atoms with van der Waals surface area (Å²) < 4.78 is 25.7. The van der Waals surface area contributed by atoms with Gasteiger partial charge in [-0.05, 0) is 90.3 Å². The summed E-state index contributed by atoms with van der Waals surface area (Å²) in [4.78, 5) is 40.5. The van der Waals surface area contributed by atoms with E-state index in [-0.39, 0.29) is 75.3 Å². The number of Topliss-reactive ketones (excluding diaryl/α,β-unsaturated/α-hetero) is 2. The number of amides is 1. The van der Waals surface area contributed by atoms with E-state index in [1.165, 1.54) is 0 Å². The van der Waals surface area contributed by atoms with Crippen LogP contribution in [0.2, 0.25) is 0 Å². The maximum atomic E-state index is 14.4. The van der Waals surface area contributed by atoms with E-state index in [9.17, 15) is 28.4 Å². The molecule has 5 nitrogen and oxygen atoms in total. The highest BCUT2D eigenvalue weighted by molar-refractivity contribution is 6.04. The van der Waals surface area contributed by atoms with Gasteiger partial charge in [-0.2, -0.15) is 5.26 Å². The summed E-state index contributed by atoms with van der Waals surface area (Å²) >= 11 is 0. The molecule has 0 aromatic rings. The second kappa shape index (κ2) is 9.46. The molecule has 5 aliphatic rings. The Morgan fingerprint density at radius 2 is 1.73 bits per heavy atom. The fourth-order valence-electron chi connectivity index (χ4n) is 10.9. The van der Waals surface area contributed by atoms with E-state index in [2.05, 4.69) is 39.1 Å². The number of nitrogens with zero attached hydrogens (tertiary/aromatic N) is 1. The number of nitriles is 1. The molecule has 1 N–H and O–H groups in total. The van der Waals surface area contributed by atoms with E-state index >= 15 is 0 Å². The van der Waals surface area contributed by atoms with Crippen molar-refractivity contribution in [2.24, 2.45) is 56.7 Å². The molecular formula is C33H46F2N2O3. The van der Waals surface area contributed by atoms with Crippen molar-refractivity contribution in [2.45, 2.75) is 106 Å². The number of carbonyl (C=O) groups is 3. The van der Waals surface area contributed by atoms with Crippen LogP contribution in [0.25, 0.3) is 0 Å². The van der Waals surface area contributed by atoms with Gasteiger partial charge < -0.3 is 5.32 Å². The Morgan fingerprint density at radius 3 is 2.38 bits per heavy atom. The standard InChI is InChI=1S/C33H46F2N2O3/c1-29(2)11-12-33(16-26(39)37-18-25(34)35)10-7-20-27(21(33)15-29)22(38)13-24-31(20,5)9-8-23-30(3,4)28(40)19(17-36)14-32(23,24)6/h14,20-21,23-25,27H,7-13,15-16,18H2,1-6H3,(H,37,39). The van der Waals surface area contributed by atoms with E-state index in [4.69, 9.17) is 0 Å². The molecule has 8 unspecified atom stereocenters. The van der Waals surface area contributed by atoms with Crippen LogP contribution in [-0.2, 0) is 14.4 Å². The zero-order valence-corrected chi connectivity index (χ0v) is 25.0. The summed E-state index contributed by atoms with van der Waals surface area (Å²) in [5, 5.41) is 12.3. The van der Waals surface area contributed by atoms with Crippen molar-refractivity contribution in [3.63, 3.8) is 0 Å². The molecule has 0 aromatic heterocycles. The largest absolute Gasteiger partial charge is 0.350 e. The van der Waals surface area contributed by atoms with Crippen molar-refractivity contribution >= 4 is 17.5 Å². The Morgan fingerprint density at radius 1 is 1.02 bits per heavy atom. The number of hydrogen-bond donors (Lipinski definition) is 1. The molecule has 7 heteroatoms. The Bertz CT molecular complexity index is 1180. The lowest BCUT2D eigenvalue weighted by Gasteiger charge is -2.68. The minimum absolute atomic E-state index is 0.0432. The van der Waals surface area contributed by atoms with Crippen molar-refractivity contribution in [1.82, 2.24) is 5.32 Å². The Balaban J connectivity index is 1.52. The van der Waals surface area contributed by atoms with Crippen molar-refractivity contribution in [3.8, 4) is 6.07 Å². The second-order valence-electron chi connectivity index (χ2n) is 15.8. The Labute approximate surface area is 237 Å². The first kappa shape index (κ1) is 29.4. The van der Waals surface area contributed by atoms with Gasteiger partial charge in [0.25, 0.3) is 6.43 Å². The number of carbonyl (C=O) groups excluding carboxylic acids is 3. The molecule has 5 aliphatic carbocycles. The number of alkyl halides is 2. The molecule has 5 rings (SSSR count). The summed E-state index contributed by atoms with van der Waals surface area (Å²) in [6, 6.07) is 2.17. The smallest absolute Gasteiger partial charge is 0.255 e. The van der Waals surface area contributed by atoms with Crippen LogP contribution >= 0.6 is 0 Å². The normalized spacial score (nSPS) is 43.4. The highest BCUT2D eigenvalue weighted by Crippen LogP contribution is 2.72. The minimum Gasteiger partial charge on any atom is -0.350 e. The van der Waals surface area contributed by atoms with Gasteiger partial charge in [0, 0.05) is 24.2 Å². The summed E-state index contributed by atoms with van der Waals surface area (Å²) in [5.74, 6) is 0.0461. The van der Waals surface area contributed by atoms with E-state index < -0.39 is 23.8 Å². The van der Waals surface area contributed by atoms with Crippen LogP contribution in [0.4, 0.5) is 8.78 Å². The highest BCUT2D eigenvalue weighted by Gasteiger charge is 2.68. The van der Waals surface area contributed by atoms with E-state index in [1.807, 2.05) is 19.9 Å². The third-order valence-electron chi connectivity index (χ3n) is 12.8. The van der Waals surface area contributed by atoms with Crippen molar-refractivity contribution < 1.29 is 23.2 Å². The number of halogens is 2. The highest BCUT2D eigenvalue weighted by atomic mass is 19.3. The summed E-state index contributed by atoms with van der Waals surface area (Å²) in [7, 11) is 0. The molecule has 0 heterocycles. The zero-order valence-electron chi connectivity index (χ0n) is 25.0. The molecule has 1 amide bonds. The van der Waals surface area contributed by atoms with Gasteiger partial charge in [0.15, 0.2) is 5.78 Å². The third-order valence-corrected chi connectivity index (χ3v) is 12.8. The molecule has 0 radical (unpaired) electrons. The van der Waals surface area contributed by atoms with Gasteiger partial charge >= 0.3 is 0 Å². The molecule has 4 fully saturated rings. The van der Waals surface area contributed by atoms with Crippen LogP contribution in [0.5, 0.6) is 0 Å². The lowest BCUT2D eigenvalue weighted by molar-refractivity contribution is -0.192. The first-order valence-electron chi connectivity index (χ1n) is 15.3. The van der Waals surface area contributed by atoms with Crippen molar-refractivity contribution in [2.75, 3.05) is 6.54 Å². The first-order valence-corrected chi connectivity index (χ1v) is 15.3. The third kappa shape index (κ3) is 4.29. The fraction of sp³-hybridized carbons (Fsp3) is 0.818. The maximum Gasteiger partial charge on any atom is 0.255 e. The molecule has 8 atom stereocenters. The summed E-state index contributed by atoms with van der Waals surface area (Å²) in [5.41, 5.74) is -1.26. The quantitative estimate of drug-likeness (QED) is 0.419. The molecule has 0 spiro atoms. The van der Waals surface area contributed by atoms with Crippen molar-refractivity contribution in [3.05, 3.63) is 11.6 Å². The number of fused-ring (bicyclic) bond motifs is 7. The van der Waals surface area contributed by atoms with Gasteiger partial charge in [0.1, 0.15) is 11.9 Å². The van der Waals surface area contributed by atoms with Gasteiger partial charge in [0.05, 0.1) is 12.1 Å². The van der Waals surface area contributed by atoms with Crippen molar-refractivity contribution in [1.29, 1.82) is 5.26 Å². The molecule has 0 aliphatic heterocycles. The number of nitrogens with one attached hydrogen (secondary N) is 1. The second-order valence-corrected chi connectivity index (χ2v) is 15.8. The lowest BCUT2D eigenvalue weighted by atomic mass is 9.35. The van der Waals surface area contributed by atoms with Crippen LogP contribution in [0.3, 0.4) is 0 Å². The maximum absolute atomic E-state index is 14.4. The van der Waals surface area contributed by atoms with Gasteiger partial charge in [-0.25, -0.2) is 8.78 Å². The van der Waals surface area contributed by atoms with E-state index in [0.29, 0.717) is 6.42 Å². The van der Waals surface area contributed by atoms with E-state index in [1.54, 1.807) is 0 Å². The summed E-state index contributed by atoms with van der Waals surface area (Å²) in [6.07, 6.45) is 6.14.